The van der Waals surface area contributed by atoms with E-state index in [0.29, 0.717) is 12.3 Å². The maximum absolute atomic E-state index is 11.5. The molecule has 0 radical (unpaired) electrons. The average molecular weight is 261 g/mol. The van der Waals surface area contributed by atoms with Gasteiger partial charge >= 0.3 is 5.97 Å². The molecule has 2 atom stereocenters. The molecule has 3 rings (SSSR count). The Kier molecular flexibility index (Phi) is 3.53. The average Bonchev–Trinajstić information content (AvgIpc) is 2.90. The van der Waals surface area contributed by atoms with Gasteiger partial charge in [-0.05, 0) is 29.9 Å². The quantitative estimate of drug-likeness (QED) is 0.896. The molecule has 1 N–H and O–H groups in total. The topological polar surface area (TPSA) is 49.8 Å². The molecule has 0 spiro atoms. The zero-order valence-corrected chi connectivity index (χ0v) is 10.9. The number of nitrogens with zero attached hydrogens (tertiary/aromatic N) is 1. The summed E-state index contributed by atoms with van der Waals surface area (Å²) in [7, 11) is 0. The molecule has 2 heterocycles. The normalized spacial score (nSPS) is 27.2. The van der Waals surface area contributed by atoms with E-state index in [1.165, 1.54) is 11.1 Å². The Labute approximate surface area is 113 Å². The van der Waals surface area contributed by atoms with Crippen LogP contribution in [0.1, 0.15) is 17.5 Å². The Morgan fingerprint density at radius 2 is 2.16 bits per heavy atom. The zero-order chi connectivity index (χ0) is 13.2. The highest BCUT2D eigenvalue weighted by molar-refractivity contribution is 5.74. The highest BCUT2D eigenvalue weighted by atomic mass is 16.5. The summed E-state index contributed by atoms with van der Waals surface area (Å²) in [5, 5.41) is 9.44. The van der Waals surface area contributed by atoms with Gasteiger partial charge in [0.15, 0.2) is 0 Å². The van der Waals surface area contributed by atoms with Gasteiger partial charge in [-0.2, -0.15) is 0 Å². The Morgan fingerprint density at radius 3 is 2.84 bits per heavy atom. The number of fused-ring (bicyclic) bond motifs is 1. The first-order valence-corrected chi connectivity index (χ1v) is 6.85. The van der Waals surface area contributed by atoms with Crippen LogP contribution in [0, 0.1) is 5.92 Å². The summed E-state index contributed by atoms with van der Waals surface area (Å²) in [6.45, 7) is 3.15. The summed E-state index contributed by atoms with van der Waals surface area (Å²) in [4.78, 5) is 13.6. The molecule has 1 unspecified atom stereocenters. The second-order valence-electron chi connectivity index (χ2n) is 5.49. The Bertz CT molecular complexity index is 468. The van der Waals surface area contributed by atoms with Crippen molar-refractivity contribution in [3.63, 3.8) is 0 Å². The number of aliphatic carboxylic acids is 1. The van der Waals surface area contributed by atoms with Gasteiger partial charge in [0.05, 0.1) is 6.61 Å². The molecule has 1 aromatic rings. The molecule has 2 aliphatic heterocycles. The first-order valence-electron chi connectivity index (χ1n) is 6.85. The minimum atomic E-state index is -0.714. The molecular formula is C15H19NO3. The fraction of sp³-hybridized carbons (Fsp3) is 0.533. The smallest absolute Gasteiger partial charge is 0.321 e. The van der Waals surface area contributed by atoms with Crippen LogP contribution in [0.15, 0.2) is 24.3 Å². The van der Waals surface area contributed by atoms with Gasteiger partial charge in [0.25, 0.3) is 0 Å². The van der Waals surface area contributed by atoms with Gasteiger partial charge in [-0.15, -0.1) is 0 Å². The van der Waals surface area contributed by atoms with E-state index in [1.807, 2.05) is 18.2 Å². The van der Waals surface area contributed by atoms with E-state index in [4.69, 9.17) is 4.74 Å². The van der Waals surface area contributed by atoms with Crippen LogP contribution in [0.3, 0.4) is 0 Å². The van der Waals surface area contributed by atoms with Gasteiger partial charge in [0.2, 0.25) is 0 Å². The summed E-state index contributed by atoms with van der Waals surface area (Å²) >= 11 is 0. The van der Waals surface area contributed by atoms with Crippen molar-refractivity contribution in [1.82, 2.24) is 4.90 Å². The number of carbonyl (C=O) groups is 1. The summed E-state index contributed by atoms with van der Waals surface area (Å²) in [5.74, 6) is -0.236. The van der Waals surface area contributed by atoms with Gasteiger partial charge in [-0.1, -0.05) is 24.3 Å². The molecule has 0 amide bonds. The van der Waals surface area contributed by atoms with Gasteiger partial charge in [0.1, 0.15) is 6.04 Å². The molecule has 102 valence electrons. The first-order chi connectivity index (χ1) is 9.24. The number of rotatable bonds is 3. The summed E-state index contributed by atoms with van der Waals surface area (Å²) < 4.78 is 5.39. The van der Waals surface area contributed by atoms with Crippen molar-refractivity contribution in [3.05, 3.63) is 35.4 Å². The molecule has 1 saturated heterocycles. The van der Waals surface area contributed by atoms with Crippen molar-refractivity contribution in [2.45, 2.75) is 25.4 Å². The van der Waals surface area contributed by atoms with Crippen LogP contribution >= 0.6 is 0 Å². The van der Waals surface area contributed by atoms with Crippen LogP contribution in [-0.2, 0) is 22.5 Å². The van der Waals surface area contributed by atoms with E-state index in [0.717, 1.165) is 32.7 Å². The van der Waals surface area contributed by atoms with E-state index in [9.17, 15) is 9.90 Å². The van der Waals surface area contributed by atoms with Gasteiger partial charge in [0, 0.05) is 19.7 Å². The molecule has 1 aromatic carbocycles. The monoisotopic (exact) mass is 261 g/mol. The predicted octanol–water partition coefficient (Wildman–Crippen LogP) is 1.53. The summed E-state index contributed by atoms with van der Waals surface area (Å²) in [6.07, 6.45) is 1.66. The fourth-order valence-electron chi connectivity index (χ4n) is 3.07. The Morgan fingerprint density at radius 1 is 1.37 bits per heavy atom. The second kappa shape index (κ2) is 5.31. The van der Waals surface area contributed by atoms with E-state index in [2.05, 4.69) is 11.0 Å². The van der Waals surface area contributed by atoms with E-state index >= 15 is 0 Å². The molecule has 2 aliphatic rings. The van der Waals surface area contributed by atoms with Crippen molar-refractivity contribution in [3.8, 4) is 0 Å². The maximum Gasteiger partial charge on any atom is 0.321 e. The lowest BCUT2D eigenvalue weighted by Crippen LogP contribution is -2.47. The molecule has 4 nitrogen and oxygen atoms in total. The van der Waals surface area contributed by atoms with Gasteiger partial charge < -0.3 is 9.84 Å². The third kappa shape index (κ3) is 2.65. The zero-order valence-electron chi connectivity index (χ0n) is 10.9. The molecule has 19 heavy (non-hydrogen) atoms. The van der Waals surface area contributed by atoms with Crippen LogP contribution in [-0.4, -0.2) is 41.8 Å². The third-order valence-corrected chi connectivity index (χ3v) is 4.15. The maximum atomic E-state index is 11.5. The Balaban J connectivity index is 1.79. The molecular weight excluding hydrogens is 242 g/mol. The van der Waals surface area contributed by atoms with Crippen LogP contribution in [0.2, 0.25) is 0 Å². The minimum absolute atomic E-state index is 0.393. The lowest BCUT2D eigenvalue weighted by Gasteiger charge is -2.35. The summed E-state index contributed by atoms with van der Waals surface area (Å²) in [6, 6.07) is 7.76. The van der Waals surface area contributed by atoms with Crippen LogP contribution in [0.5, 0.6) is 0 Å². The Hall–Kier alpha value is -1.39. The number of hydrogen-bond acceptors (Lipinski definition) is 3. The van der Waals surface area contributed by atoms with E-state index < -0.39 is 12.0 Å². The van der Waals surface area contributed by atoms with E-state index in [-0.39, 0.29) is 0 Å². The molecule has 0 aromatic heterocycles. The van der Waals surface area contributed by atoms with Gasteiger partial charge in [-0.25, -0.2) is 0 Å². The van der Waals surface area contributed by atoms with Crippen molar-refractivity contribution in [1.29, 1.82) is 0 Å². The number of carboxylic acids is 1. The highest BCUT2D eigenvalue weighted by Crippen LogP contribution is 2.26. The first kappa shape index (κ1) is 12.6. The SMILES string of the molecule is O=C(O)[C@@H]1Cc2ccccc2CN1CC1CCOC1. The predicted molar refractivity (Wildman–Crippen MR) is 70.9 cm³/mol. The number of ether oxygens (including phenoxy) is 1. The standard InChI is InChI=1S/C15H19NO3/c17-15(18)14-7-12-3-1-2-4-13(12)9-16(14)8-11-5-6-19-10-11/h1-4,11,14H,5-10H2,(H,17,18)/t11?,14-/m0/s1. The minimum Gasteiger partial charge on any atom is -0.480 e. The van der Waals surface area contributed by atoms with Crippen molar-refractivity contribution in [2.75, 3.05) is 19.8 Å². The molecule has 0 aliphatic carbocycles. The third-order valence-electron chi connectivity index (χ3n) is 4.15. The largest absolute Gasteiger partial charge is 0.480 e. The van der Waals surface area contributed by atoms with Crippen molar-refractivity contribution in [2.24, 2.45) is 5.92 Å². The van der Waals surface area contributed by atoms with Crippen LogP contribution in [0.25, 0.3) is 0 Å². The fourth-order valence-corrected chi connectivity index (χ4v) is 3.07. The van der Waals surface area contributed by atoms with E-state index in [1.54, 1.807) is 0 Å². The van der Waals surface area contributed by atoms with Crippen LogP contribution in [0.4, 0.5) is 0 Å². The lowest BCUT2D eigenvalue weighted by molar-refractivity contribution is -0.144. The van der Waals surface area contributed by atoms with Gasteiger partial charge in [-0.3, -0.25) is 9.69 Å². The number of benzene rings is 1. The molecule has 1 fully saturated rings. The number of carboxylic acid groups (broad SMARTS) is 1. The molecule has 0 saturated carbocycles. The molecule has 4 heteroatoms. The van der Waals surface area contributed by atoms with Crippen LogP contribution < -0.4 is 0 Å². The highest BCUT2D eigenvalue weighted by Gasteiger charge is 2.33. The lowest BCUT2D eigenvalue weighted by atomic mass is 9.93. The number of hydrogen-bond donors (Lipinski definition) is 1. The second-order valence-corrected chi connectivity index (χ2v) is 5.49. The van der Waals surface area contributed by atoms with Crippen molar-refractivity contribution < 1.29 is 14.6 Å². The molecule has 0 bridgehead atoms. The van der Waals surface area contributed by atoms with Crippen molar-refractivity contribution >= 4 is 5.97 Å². The summed E-state index contributed by atoms with van der Waals surface area (Å²) in [5.41, 5.74) is 2.44.